The Balaban J connectivity index is 1.07. The van der Waals surface area contributed by atoms with Gasteiger partial charge in [-0.15, -0.1) is 0 Å². The van der Waals surface area contributed by atoms with Crippen LogP contribution in [-0.4, -0.2) is 9.13 Å². The molecular formula is C59H46N2O. The van der Waals surface area contributed by atoms with E-state index in [-0.39, 0.29) is 0 Å². The summed E-state index contributed by atoms with van der Waals surface area (Å²) in [5.41, 5.74) is 15.8. The summed E-state index contributed by atoms with van der Waals surface area (Å²) in [4.78, 5) is 0. The molecule has 0 fully saturated rings. The Kier molecular flexibility index (Phi) is 9.86. The summed E-state index contributed by atoms with van der Waals surface area (Å²) >= 11 is 0. The summed E-state index contributed by atoms with van der Waals surface area (Å²) in [6.45, 7) is 17.7. The van der Waals surface area contributed by atoms with E-state index in [0.29, 0.717) is 6.61 Å². The summed E-state index contributed by atoms with van der Waals surface area (Å²) in [5, 5.41) is 5.93. The van der Waals surface area contributed by atoms with Crippen molar-refractivity contribution in [3.05, 3.63) is 223 Å². The predicted molar refractivity (Wildman–Crippen MR) is 267 cm³/mol. The van der Waals surface area contributed by atoms with Crippen molar-refractivity contribution in [1.82, 2.24) is 9.13 Å². The normalized spacial score (nSPS) is 13.2. The Morgan fingerprint density at radius 3 is 1.60 bits per heavy atom. The van der Waals surface area contributed by atoms with Crippen LogP contribution >= 0.6 is 0 Å². The maximum atomic E-state index is 7.12. The minimum absolute atomic E-state index is 0.328. The molecule has 9 aromatic rings. The average Bonchev–Trinajstić information content (AvgIpc) is 3.81. The van der Waals surface area contributed by atoms with E-state index in [1.165, 1.54) is 38.2 Å². The zero-order valence-corrected chi connectivity index (χ0v) is 35.1. The monoisotopic (exact) mass is 798 g/mol. The van der Waals surface area contributed by atoms with Crippen LogP contribution < -0.4 is 4.74 Å². The molecule has 298 valence electrons. The minimum Gasteiger partial charge on any atom is -0.487 e. The topological polar surface area (TPSA) is 19.1 Å². The highest BCUT2D eigenvalue weighted by Gasteiger charge is 2.26. The minimum atomic E-state index is 0.328. The first-order valence-corrected chi connectivity index (χ1v) is 21.2. The van der Waals surface area contributed by atoms with Crippen molar-refractivity contribution >= 4 is 68.4 Å². The first-order chi connectivity index (χ1) is 30.5. The second-order valence-corrected chi connectivity index (χ2v) is 15.7. The van der Waals surface area contributed by atoms with E-state index < -0.39 is 0 Å². The third-order valence-electron chi connectivity index (χ3n) is 12.2. The second-order valence-electron chi connectivity index (χ2n) is 15.7. The number of hydrogen-bond acceptors (Lipinski definition) is 1. The lowest BCUT2D eigenvalue weighted by Crippen LogP contribution is -2.02. The fraction of sp³-hybridized carbons (Fsp3) is 0.0508. The molecule has 0 atom stereocenters. The Morgan fingerprint density at radius 1 is 0.532 bits per heavy atom. The Hall–Kier alpha value is -7.88. The second kappa shape index (κ2) is 15.9. The van der Waals surface area contributed by atoms with Crippen LogP contribution in [0.3, 0.4) is 0 Å². The Labute approximate surface area is 363 Å². The fourth-order valence-electron chi connectivity index (χ4n) is 9.20. The van der Waals surface area contributed by atoms with Crippen molar-refractivity contribution in [2.45, 2.75) is 20.5 Å². The molecule has 0 aliphatic carbocycles. The van der Waals surface area contributed by atoms with Crippen LogP contribution in [0.25, 0.3) is 102 Å². The fourth-order valence-corrected chi connectivity index (χ4v) is 9.20. The highest BCUT2D eigenvalue weighted by atomic mass is 16.5. The molecule has 62 heavy (non-hydrogen) atoms. The molecule has 1 aliphatic rings. The average molecular weight is 799 g/mol. The number of fused-ring (bicyclic) bond motifs is 6. The molecule has 7 aromatic carbocycles. The molecule has 0 spiro atoms. The SMILES string of the molecule is C=Cc1c2c(n(-c3ccc(-c4ccc5ccccc5c4)cc3)c1/C=C\C)/C=C\C(=C)c1ccc3c(c(C=C)c(/C=C\C)n3-c3ccc(-c4ccc5ccccc5c4)cc3)c1OC2. The molecule has 0 unspecified atom stereocenters. The van der Waals surface area contributed by atoms with Crippen LogP contribution in [0.2, 0.25) is 0 Å². The maximum Gasteiger partial charge on any atom is 0.137 e. The zero-order chi connectivity index (χ0) is 42.3. The molecule has 0 radical (unpaired) electrons. The number of ether oxygens (including phenoxy) is 1. The predicted octanol–water partition coefficient (Wildman–Crippen LogP) is 16.0. The van der Waals surface area contributed by atoms with Crippen LogP contribution in [0.5, 0.6) is 5.75 Å². The number of rotatable bonds is 8. The van der Waals surface area contributed by atoms with Crippen molar-refractivity contribution in [2.24, 2.45) is 0 Å². The van der Waals surface area contributed by atoms with Gasteiger partial charge < -0.3 is 13.9 Å². The van der Waals surface area contributed by atoms with E-state index in [1.54, 1.807) is 0 Å². The van der Waals surface area contributed by atoms with Crippen molar-refractivity contribution in [2.75, 3.05) is 0 Å². The number of allylic oxidation sites excluding steroid dienone is 4. The van der Waals surface area contributed by atoms with Gasteiger partial charge in [0.15, 0.2) is 0 Å². The molecule has 3 nitrogen and oxygen atoms in total. The smallest absolute Gasteiger partial charge is 0.137 e. The van der Waals surface area contributed by atoms with Crippen LogP contribution in [0.15, 0.2) is 184 Å². The van der Waals surface area contributed by atoms with Gasteiger partial charge in [-0.1, -0.05) is 147 Å². The van der Waals surface area contributed by atoms with Gasteiger partial charge in [-0.3, -0.25) is 0 Å². The van der Waals surface area contributed by atoms with Gasteiger partial charge in [-0.05, 0) is 130 Å². The highest BCUT2D eigenvalue weighted by Crippen LogP contribution is 2.44. The van der Waals surface area contributed by atoms with E-state index in [2.05, 4.69) is 225 Å². The van der Waals surface area contributed by atoms with E-state index >= 15 is 0 Å². The third-order valence-corrected chi connectivity index (χ3v) is 12.2. The van der Waals surface area contributed by atoms with Gasteiger partial charge in [0.2, 0.25) is 0 Å². The zero-order valence-electron chi connectivity index (χ0n) is 35.1. The Bertz CT molecular complexity index is 3340. The van der Waals surface area contributed by atoms with Gasteiger partial charge in [0.25, 0.3) is 0 Å². The molecular weight excluding hydrogens is 753 g/mol. The maximum absolute atomic E-state index is 7.12. The van der Waals surface area contributed by atoms with Gasteiger partial charge >= 0.3 is 0 Å². The van der Waals surface area contributed by atoms with Gasteiger partial charge in [0, 0.05) is 33.6 Å². The lowest BCUT2D eigenvalue weighted by atomic mass is 10.0. The first kappa shape index (κ1) is 38.3. The lowest BCUT2D eigenvalue weighted by molar-refractivity contribution is 0.309. The van der Waals surface area contributed by atoms with E-state index in [1.807, 2.05) is 12.2 Å². The summed E-state index contributed by atoms with van der Waals surface area (Å²) in [6.07, 6.45) is 16.7. The molecule has 3 heterocycles. The third kappa shape index (κ3) is 6.47. The van der Waals surface area contributed by atoms with Gasteiger partial charge in [0.05, 0.1) is 28.0 Å². The highest BCUT2D eigenvalue weighted by molar-refractivity contribution is 6.03. The number of hydrogen-bond donors (Lipinski definition) is 0. The molecule has 3 heteroatoms. The summed E-state index contributed by atoms with van der Waals surface area (Å²) in [5.74, 6) is 0.785. The van der Waals surface area contributed by atoms with Crippen molar-refractivity contribution in [1.29, 1.82) is 0 Å². The van der Waals surface area contributed by atoms with Crippen LogP contribution in [0, 0.1) is 0 Å². The largest absolute Gasteiger partial charge is 0.487 e. The molecule has 0 bridgehead atoms. The van der Waals surface area contributed by atoms with Crippen molar-refractivity contribution in [3.63, 3.8) is 0 Å². The standard InChI is InChI=1S/C59H46N2O/c1-6-14-54-50(8-3)53-38-62-59-52(39(5)20-34-56(53)60(54)48-29-25-42(26-30-48)46-23-21-40-16-10-12-18-44(40)36-46)33-35-57-58(59)51(9-4)55(15-7-2)61(57)49-31-27-43(28-32-49)47-24-22-41-17-11-13-19-45(41)37-47/h6-37H,3-5,38H2,1-2H3/b14-6-,15-7-,34-20-. The number of nitrogens with zero attached hydrogens (tertiary/aromatic N) is 2. The van der Waals surface area contributed by atoms with Crippen molar-refractivity contribution in [3.8, 4) is 39.4 Å². The number of aromatic nitrogens is 2. The van der Waals surface area contributed by atoms with Gasteiger partial charge in [-0.25, -0.2) is 0 Å². The molecule has 0 amide bonds. The van der Waals surface area contributed by atoms with Gasteiger partial charge in [0.1, 0.15) is 12.4 Å². The molecule has 0 saturated carbocycles. The molecule has 2 aromatic heterocycles. The summed E-state index contributed by atoms with van der Waals surface area (Å²) in [6, 6.07) is 52.3. The molecule has 1 aliphatic heterocycles. The van der Waals surface area contributed by atoms with Gasteiger partial charge in [-0.2, -0.15) is 0 Å². The van der Waals surface area contributed by atoms with Crippen LogP contribution in [-0.2, 0) is 6.61 Å². The summed E-state index contributed by atoms with van der Waals surface area (Å²) in [7, 11) is 0. The van der Waals surface area contributed by atoms with Crippen LogP contribution in [0.1, 0.15) is 53.2 Å². The Morgan fingerprint density at radius 2 is 1.05 bits per heavy atom. The lowest BCUT2D eigenvalue weighted by Gasteiger charge is -2.15. The molecule has 10 rings (SSSR count). The van der Waals surface area contributed by atoms with E-state index in [4.69, 9.17) is 4.74 Å². The van der Waals surface area contributed by atoms with Crippen LogP contribution in [0.4, 0.5) is 0 Å². The first-order valence-electron chi connectivity index (χ1n) is 21.2. The quantitative estimate of drug-likeness (QED) is 0.150. The van der Waals surface area contributed by atoms with Crippen molar-refractivity contribution < 1.29 is 4.74 Å². The molecule has 0 saturated heterocycles. The molecule has 0 N–H and O–H groups in total. The van der Waals surface area contributed by atoms with E-state index in [0.717, 1.165) is 78.5 Å². The number of benzene rings is 7. The van der Waals surface area contributed by atoms with E-state index in [9.17, 15) is 0 Å². The summed E-state index contributed by atoms with van der Waals surface area (Å²) < 4.78 is 11.7.